The number of methoxy groups -OCH3 is 1. The molecule has 19 heavy (non-hydrogen) atoms. The van der Waals surface area contributed by atoms with Crippen molar-refractivity contribution >= 4 is 17.5 Å². The Morgan fingerprint density at radius 2 is 2.11 bits per heavy atom. The van der Waals surface area contributed by atoms with Crippen molar-refractivity contribution in [2.75, 3.05) is 12.4 Å². The molecule has 0 unspecified atom stereocenters. The average molecular weight is 261 g/mol. The Hall–Kier alpha value is -2.83. The molecule has 1 aromatic heterocycles. The first-order valence-electron chi connectivity index (χ1n) is 5.32. The van der Waals surface area contributed by atoms with Gasteiger partial charge in [0.15, 0.2) is 0 Å². The topological polar surface area (TPSA) is 107 Å². The van der Waals surface area contributed by atoms with Crippen molar-refractivity contribution in [1.29, 1.82) is 0 Å². The molecule has 0 fully saturated rings. The van der Waals surface area contributed by atoms with E-state index in [1.54, 1.807) is 18.2 Å². The number of rotatable bonds is 4. The number of para-hydroxylation sites is 1. The number of nitrogens with two attached hydrogens (primary N) is 1. The van der Waals surface area contributed by atoms with E-state index in [0.717, 1.165) is 0 Å². The minimum absolute atomic E-state index is 0.0314. The third-order valence-corrected chi connectivity index (χ3v) is 2.36. The second-order valence-corrected chi connectivity index (χ2v) is 3.60. The van der Waals surface area contributed by atoms with Gasteiger partial charge in [-0.05, 0) is 17.3 Å². The van der Waals surface area contributed by atoms with Crippen LogP contribution in [0.5, 0.6) is 5.88 Å². The Morgan fingerprint density at radius 1 is 1.37 bits per heavy atom. The fourth-order valence-electron chi connectivity index (χ4n) is 1.45. The highest BCUT2D eigenvalue weighted by Gasteiger charge is 2.16. The van der Waals surface area contributed by atoms with Crippen molar-refractivity contribution in [2.24, 2.45) is 5.73 Å². The minimum atomic E-state index is -0.633. The molecule has 0 aliphatic carbocycles. The van der Waals surface area contributed by atoms with E-state index in [0.29, 0.717) is 5.69 Å². The quantitative estimate of drug-likeness (QED) is 0.854. The monoisotopic (exact) mass is 261 g/mol. The summed E-state index contributed by atoms with van der Waals surface area (Å²) in [5.74, 6) is -1.03. The molecule has 0 radical (unpaired) electrons. The summed E-state index contributed by atoms with van der Waals surface area (Å²) in [6.45, 7) is 0. The van der Waals surface area contributed by atoms with Gasteiger partial charge in [-0.2, -0.15) is 0 Å². The summed E-state index contributed by atoms with van der Waals surface area (Å²) in [6.07, 6.45) is 0. The molecule has 0 saturated carbocycles. The molecule has 2 rings (SSSR count). The van der Waals surface area contributed by atoms with Gasteiger partial charge in [0.2, 0.25) is 5.76 Å². The molecule has 3 N–H and O–H groups in total. The number of nitrogens with one attached hydrogen (secondary N) is 1. The first-order chi connectivity index (χ1) is 9.11. The molecule has 1 aromatic carbocycles. The summed E-state index contributed by atoms with van der Waals surface area (Å²) in [6, 6.07) is 7.73. The average Bonchev–Trinajstić information content (AvgIpc) is 2.88. The highest BCUT2D eigenvalue weighted by Crippen LogP contribution is 2.17. The number of nitrogens with zero attached hydrogens (tertiary/aromatic N) is 1. The van der Waals surface area contributed by atoms with Crippen molar-refractivity contribution in [1.82, 2.24) is 5.16 Å². The third kappa shape index (κ3) is 2.71. The zero-order chi connectivity index (χ0) is 13.8. The van der Waals surface area contributed by atoms with Crippen LogP contribution in [0.25, 0.3) is 0 Å². The zero-order valence-electron chi connectivity index (χ0n) is 10.0. The normalized spacial score (nSPS) is 9.95. The summed E-state index contributed by atoms with van der Waals surface area (Å²) >= 11 is 0. The zero-order valence-corrected chi connectivity index (χ0v) is 10.0. The van der Waals surface area contributed by atoms with Crippen LogP contribution in [0.15, 0.2) is 34.9 Å². The molecule has 0 aliphatic rings. The van der Waals surface area contributed by atoms with Gasteiger partial charge >= 0.3 is 0 Å². The lowest BCUT2D eigenvalue weighted by atomic mass is 10.1. The lowest BCUT2D eigenvalue weighted by Crippen LogP contribution is -2.17. The minimum Gasteiger partial charge on any atom is -0.479 e. The third-order valence-electron chi connectivity index (χ3n) is 2.36. The van der Waals surface area contributed by atoms with Crippen LogP contribution in [0.4, 0.5) is 5.69 Å². The van der Waals surface area contributed by atoms with Gasteiger partial charge in [-0.3, -0.25) is 9.59 Å². The van der Waals surface area contributed by atoms with E-state index < -0.39 is 11.8 Å². The number of amides is 2. The van der Waals surface area contributed by atoms with Gasteiger partial charge in [-0.25, -0.2) is 0 Å². The Balaban J connectivity index is 2.21. The van der Waals surface area contributed by atoms with Crippen molar-refractivity contribution in [3.8, 4) is 5.88 Å². The van der Waals surface area contributed by atoms with Gasteiger partial charge < -0.3 is 20.3 Å². The maximum absolute atomic E-state index is 11.9. The van der Waals surface area contributed by atoms with Gasteiger partial charge in [0.1, 0.15) is 0 Å². The summed E-state index contributed by atoms with van der Waals surface area (Å²) in [5, 5.41) is 6.02. The number of anilines is 1. The predicted molar refractivity (Wildman–Crippen MR) is 66.0 cm³/mol. The van der Waals surface area contributed by atoms with E-state index in [1.165, 1.54) is 19.2 Å². The number of benzene rings is 1. The van der Waals surface area contributed by atoms with Gasteiger partial charge in [0.25, 0.3) is 17.7 Å². The van der Waals surface area contributed by atoms with Crippen LogP contribution in [-0.2, 0) is 0 Å². The Kier molecular flexibility index (Phi) is 3.46. The Morgan fingerprint density at radius 3 is 2.74 bits per heavy atom. The largest absolute Gasteiger partial charge is 0.479 e. The van der Waals surface area contributed by atoms with Crippen LogP contribution in [0.1, 0.15) is 20.9 Å². The SMILES string of the molecule is COc1cc(C(=O)Nc2ccccc2C(N)=O)on1. The number of carbonyl (C=O) groups is 2. The van der Waals surface area contributed by atoms with Crippen LogP contribution >= 0.6 is 0 Å². The standard InChI is InChI=1S/C12H11N3O4/c1-18-10-6-9(19-15-10)12(17)14-8-5-3-2-4-7(8)11(13)16/h2-6H,1H3,(H2,13,16)(H,14,17). The van der Waals surface area contributed by atoms with E-state index in [9.17, 15) is 9.59 Å². The maximum atomic E-state index is 11.9. The van der Waals surface area contributed by atoms with Crippen molar-refractivity contribution in [2.45, 2.75) is 0 Å². The number of hydrogen-bond acceptors (Lipinski definition) is 5. The highest BCUT2D eigenvalue weighted by atomic mass is 16.5. The predicted octanol–water partition coefficient (Wildman–Crippen LogP) is 1.03. The summed E-state index contributed by atoms with van der Waals surface area (Å²) < 4.78 is 9.58. The van der Waals surface area contributed by atoms with Crippen LogP contribution in [0, 0.1) is 0 Å². The number of hydrogen-bond donors (Lipinski definition) is 2. The summed E-state index contributed by atoms with van der Waals surface area (Å²) in [4.78, 5) is 23.1. The lowest BCUT2D eigenvalue weighted by molar-refractivity contribution is 0.0987. The van der Waals surface area contributed by atoms with E-state index in [4.69, 9.17) is 15.0 Å². The molecule has 0 aliphatic heterocycles. The molecule has 98 valence electrons. The number of carbonyl (C=O) groups excluding carboxylic acids is 2. The first-order valence-corrected chi connectivity index (χ1v) is 5.32. The van der Waals surface area contributed by atoms with E-state index in [-0.39, 0.29) is 17.2 Å². The summed E-state index contributed by atoms with van der Waals surface area (Å²) in [7, 11) is 1.40. The number of ether oxygens (including phenoxy) is 1. The van der Waals surface area contributed by atoms with Gasteiger partial charge in [0, 0.05) is 0 Å². The molecule has 7 heteroatoms. The van der Waals surface area contributed by atoms with Gasteiger partial charge in [-0.1, -0.05) is 12.1 Å². The second kappa shape index (κ2) is 5.21. The molecule has 0 spiro atoms. The molecular weight excluding hydrogens is 250 g/mol. The molecular formula is C12H11N3O4. The van der Waals surface area contributed by atoms with Gasteiger partial charge in [-0.15, -0.1) is 0 Å². The second-order valence-electron chi connectivity index (χ2n) is 3.60. The number of aromatic nitrogens is 1. The number of primary amides is 1. The van der Waals surface area contributed by atoms with Crippen molar-refractivity contribution in [3.63, 3.8) is 0 Å². The van der Waals surface area contributed by atoms with E-state index >= 15 is 0 Å². The van der Waals surface area contributed by atoms with Crippen LogP contribution < -0.4 is 15.8 Å². The Bertz CT molecular complexity index is 621. The first kappa shape index (κ1) is 12.6. The molecule has 0 saturated heterocycles. The molecule has 2 amide bonds. The molecule has 1 heterocycles. The fourth-order valence-corrected chi connectivity index (χ4v) is 1.45. The Labute approximate surface area is 108 Å². The maximum Gasteiger partial charge on any atom is 0.294 e. The van der Waals surface area contributed by atoms with Crippen molar-refractivity contribution < 1.29 is 18.8 Å². The van der Waals surface area contributed by atoms with Gasteiger partial charge in [0.05, 0.1) is 24.4 Å². The fraction of sp³-hybridized carbons (Fsp3) is 0.0833. The smallest absolute Gasteiger partial charge is 0.294 e. The lowest BCUT2D eigenvalue weighted by Gasteiger charge is -2.06. The van der Waals surface area contributed by atoms with Crippen LogP contribution in [-0.4, -0.2) is 24.1 Å². The highest BCUT2D eigenvalue weighted by molar-refractivity contribution is 6.07. The summed E-state index contributed by atoms with van der Waals surface area (Å²) in [5.41, 5.74) is 5.72. The van der Waals surface area contributed by atoms with E-state index in [1.807, 2.05) is 0 Å². The van der Waals surface area contributed by atoms with Crippen LogP contribution in [0.3, 0.4) is 0 Å². The van der Waals surface area contributed by atoms with Crippen molar-refractivity contribution in [3.05, 3.63) is 41.7 Å². The molecule has 0 bridgehead atoms. The molecule has 2 aromatic rings. The molecule has 0 atom stereocenters. The van der Waals surface area contributed by atoms with Crippen LogP contribution in [0.2, 0.25) is 0 Å². The molecule has 7 nitrogen and oxygen atoms in total. The van der Waals surface area contributed by atoms with E-state index in [2.05, 4.69) is 10.5 Å².